The molecule has 0 amide bonds. The van der Waals surface area contributed by atoms with Gasteiger partial charge in [-0.25, -0.2) is 0 Å². The van der Waals surface area contributed by atoms with Gasteiger partial charge in [-0.15, -0.1) is 0 Å². The van der Waals surface area contributed by atoms with Crippen LogP contribution < -0.4 is 0 Å². The molecule has 0 saturated carbocycles. The standard InChI is InChI=1S/C13H25NO/c1-11(2)5-8-14-9-6-13(4,7-10-14)12(3)15/h11H,5-10H2,1-4H3. The number of rotatable bonds is 4. The first-order valence-electron chi connectivity index (χ1n) is 6.17. The summed E-state index contributed by atoms with van der Waals surface area (Å²) in [6.07, 6.45) is 3.36. The summed E-state index contributed by atoms with van der Waals surface area (Å²) in [4.78, 5) is 14.0. The van der Waals surface area contributed by atoms with Gasteiger partial charge in [0, 0.05) is 5.41 Å². The number of hydrogen-bond donors (Lipinski definition) is 0. The van der Waals surface area contributed by atoms with Gasteiger partial charge in [-0.2, -0.15) is 0 Å². The Morgan fingerprint density at radius 2 is 1.87 bits per heavy atom. The van der Waals surface area contributed by atoms with Crippen LogP contribution in [0.4, 0.5) is 0 Å². The first kappa shape index (κ1) is 12.7. The van der Waals surface area contributed by atoms with E-state index in [9.17, 15) is 4.79 Å². The molecular weight excluding hydrogens is 186 g/mol. The maximum absolute atomic E-state index is 11.5. The lowest BCUT2D eigenvalue weighted by Gasteiger charge is -2.37. The Kier molecular flexibility index (Phi) is 4.32. The van der Waals surface area contributed by atoms with E-state index in [-0.39, 0.29) is 5.41 Å². The van der Waals surface area contributed by atoms with E-state index >= 15 is 0 Å². The molecule has 0 bridgehead atoms. The molecule has 0 spiro atoms. The maximum atomic E-state index is 11.5. The van der Waals surface area contributed by atoms with Crippen molar-refractivity contribution in [3.05, 3.63) is 0 Å². The molecule has 1 saturated heterocycles. The third-order valence-electron chi connectivity index (χ3n) is 3.83. The van der Waals surface area contributed by atoms with E-state index in [1.54, 1.807) is 6.92 Å². The summed E-state index contributed by atoms with van der Waals surface area (Å²) in [6, 6.07) is 0. The van der Waals surface area contributed by atoms with Gasteiger partial charge in [0.25, 0.3) is 0 Å². The molecule has 0 atom stereocenters. The molecule has 0 aromatic rings. The number of nitrogens with zero attached hydrogens (tertiary/aromatic N) is 1. The Hall–Kier alpha value is -0.370. The van der Waals surface area contributed by atoms with E-state index in [2.05, 4.69) is 25.7 Å². The number of ketones is 1. The van der Waals surface area contributed by atoms with E-state index in [4.69, 9.17) is 0 Å². The van der Waals surface area contributed by atoms with E-state index in [1.165, 1.54) is 13.0 Å². The normalized spacial score (nSPS) is 21.9. The molecule has 1 aliphatic heterocycles. The molecule has 0 radical (unpaired) electrons. The molecule has 1 heterocycles. The summed E-state index contributed by atoms with van der Waals surface area (Å²) >= 11 is 0. The predicted octanol–water partition coefficient (Wildman–Crippen LogP) is 2.72. The van der Waals surface area contributed by atoms with Crippen LogP contribution in [0.2, 0.25) is 0 Å². The van der Waals surface area contributed by atoms with Gasteiger partial charge in [0.2, 0.25) is 0 Å². The molecule has 2 heteroatoms. The average Bonchev–Trinajstić information content (AvgIpc) is 2.16. The zero-order valence-corrected chi connectivity index (χ0v) is 10.7. The number of carbonyl (C=O) groups excluding carboxylic acids is 1. The second kappa shape index (κ2) is 5.11. The summed E-state index contributed by atoms with van der Waals surface area (Å²) in [7, 11) is 0. The molecule has 0 unspecified atom stereocenters. The van der Waals surface area contributed by atoms with Crippen LogP contribution in [0.25, 0.3) is 0 Å². The van der Waals surface area contributed by atoms with Crippen molar-refractivity contribution >= 4 is 5.78 Å². The highest BCUT2D eigenvalue weighted by Crippen LogP contribution is 2.31. The zero-order valence-electron chi connectivity index (χ0n) is 10.7. The van der Waals surface area contributed by atoms with Crippen molar-refractivity contribution < 1.29 is 4.79 Å². The molecule has 1 fully saturated rings. The molecule has 0 aromatic heterocycles. The van der Waals surface area contributed by atoms with Crippen LogP contribution in [0, 0.1) is 11.3 Å². The third kappa shape index (κ3) is 3.60. The first-order valence-corrected chi connectivity index (χ1v) is 6.17. The quantitative estimate of drug-likeness (QED) is 0.712. The highest BCUT2D eigenvalue weighted by molar-refractivity contribution is 5.82. The van der Waals surface area contributed by atoms with Crippen LogP contribution in [0.5, 0.6) is 0 Å². The van der Waals surface area contributed by atoms with Gasteiger partial charge in [0.1, 0.15) is 5.78 Å². The highest BCUT2D eigenvalue weighted by atomic mass is 16.1. The van der Waals surface area contributed by atoms with Crippen LogP contribution in [0.15, 0.2) is 0 Å². The van der Waals surface area contributed by atoms with Gasteiger partial charge < -0.3 is 4.90 Å². The zero-order chi connectivity index (χ0) is 11.5. The molecule has 0 N–H and O–H groups in total. The van der Waals surface area contributed by atoms with Gasteiger partial charge in [0.15, 0.2) is 0 Å². The second-order valence-electron chi connectivity index (χ2n) is 5.64. The Balaban J connectivity index is 2.32. The van der Waals surface area contributed by atoms with E-state index < -0.39 is 0 Å². The first-order chi connectivity index (χ1) is 6.94. The van der Waals surface area contributed by atoms with E-state index in [1.807, 2.05) is 0 Å². The van der Waals surface area contributed by atoms with Crippen LogP contribution in [0.3, 0.4) is 0 Å². The van der Waals surface area contributed by atoms with Crippen LogP contribution in [-0.4, -0.2) is 30.3 Å². The SMILES string of the molecule is CC(=O)C1(C)CCN(CCC(C)C)CC1. The monoisotopic (exact) mass is 211 g/mol. The molecule has 0 aromatic carbocycles. The fourth-order valence-corrected chi connectivity index (χ4v) is 2.06. The minimum absolute atomic E-state index is 0.0334. The van der Waals surface area contributed by atoms with Crippen molar-refractivity contribution in [3.8, 4) is 0 Å². The Morgan fingerprint density at radius 1 is 1.33 bits per heavy atom. The fourth-order valence-electron chi connectivity index (χ4n) is 2.06. The fraction of sp³-hybridized carbons (Fsp3) is 0.923. The van der Waals surface area contributed by atoms with E-state index in [0.717, 1.165) is 31.8 Å². The summed E-state index contributed by atoms with van der Waals surface area (Å²) < 4.78 is 0. The summed E-state index contributed by atoms with van der Waals surface area (Å²) in [5.74, 6) is 1.15. The summed E-state index contributed by atoms with van der Waals surface area (Å²) in [5.41, 5.74) is -0.0334. The lowest BCUT2D eigenvalue weighted by atomic mass is 9.77. The van der Waals surface area contributed by atoms with Gasteiger partial charge >= 0.3 is 0 Å². The van der Waals surface area contributed by atoms with Crippen LogP contribution in [0.1, 0.15) is 47.0 Å². The number of carbonyl (C=O) groups is 1. The van der Waals surface area contributed by atoms with Gasteiger partial charge in [-0.05, 0) is 51.7 Å². The maximum Gasteiger partial charge on any atom is 0.135 e. The highest BCUT2D eigenvalue weighted by Gasteiger charge is 2.33. The number of piperidine rings is 1. The Bertz CT molecular complexity index is 215. The molecular formula is C13H25NO. The molecule has 88 valence electrons. The minimum atomic E-state index is -0.0334. The molecule has 1 rings (SSSR count). The van der Waals surface area contributed by atoms with Crippen molar-refractivity contribution in [2.75, 3.05) is 19.6 Å². The smallest absolute Gasteiger partial charge is 0.135 e. The number of likely N-dealkylation sites (tertiary alicyclic amines) is 1. The molecule has 0 aliphatic carbocycles. The topological polar surface area (TPSA) is 20.3 Å². The van der Waals surface area contributed by atoms with Crippen molar-refractivity contribution in [2.45, 2.75) is 47.0 Å². The van der Waals surface area contributed by atoms with Crippen molar-refractivity contribution in [1.29, 1.82) is 0 Å². The van der Waals surface area contributed by atoms with Crippen LogP contribution >= 0.6 is 0 Å². The van der Waals surface area contributed by atoms with Gasteiger partial charge in [-0.1, -0.05) is 20.8 Å². The summed E-state index contributed by atoms with van der Waals surface area (Å²) in [6.45, 7) is 11.8. The Morgan fingerprint density at radius 3 is 2.27 bits per heavy atom. The van der Waals surface area contributed by atoms with Crippen molar-refractivity contribution in [3.63, 3.8) is 0 Å². The van der Waals surface area contributed by atoms with Crippen molar-refractivity contribution in [1.82, 2.24) is 4.90 Å². The number of hydrogen-bond acceptors (Lipinski definition) is 2. The minimum Gasteiger partial charge on any atom is -0.303 e. The Labute approximate surface area is 94.0 Å². The third-order valence-corrected chi connectivity index (χ3v) is 3.83. The lowest BCUT2D eigenvalue weighted by Crippen LogP contribution is -2.42. The molecule has 1 aliphatic rings. The van der Waals surface area contributed by atoms with Crippen LogP contribution in [-0.2, 0) is 4.79 Å². The van der Waals surface area contributed by atoms with Gasteiger partial charge in [-0.3, -0.25) is 4.79 Å². The van der Waals surface area contributed by atoms with Gasteiger partial charge in [0.05, 0.1) is 0 Å². The second-order valence-corrected chi connectivity index (χ2v) is 5.64. The lowest BCUT2D eigenvalue weighted by molar-refractivity contribution is -0.128. The van der Waals surface area contributed by atoms with E-state index in [0.29, 0.717) is 5.78 Å². The number of Topliss-reactive ketones (excluding diaryl/α,β-unsaturated/α-hetero) is 1. The summed E-state index contributed by atoms with van der Waals surface area (Å²) in [5, 5.41) is 0. The average molecular weight is 211 g/mol. The largest absolute Gasteiger partial charge is 0.303 e. The molecule has 15 heavy (non-hydrogen) atoms. The molecule has 2 nitrogen and oxygen atoms in total. The predicted molar refractivity (Wildman–Crippen MR) is 63.9 cm³/mol. The van der Waals surface area contributed by atoms with Crippen molar-refractivity contribution in [2.24, 2.45) is 11.3 Å².